The van der Waals surface area contributed by atoms with Crippen molar-refractivity contribution in [1.29, 1.82) is 0 Å². The van der Waals surface area contributed by atoms with E-state index in [0.717, 1.165) is 18.2 Å². The van der Waals surface area contributed by atoms with E-state index in [1.54, 1.807) is 6.07 Å². The van der Waals surface area contributed by atoms with Crippen LogP contribution in [0.1, 0.15) is 16.5 Å². The number of anilines is 1. The fourth-order valence-electron chi connectivity index (χ4n) is 2.59. The molecule has 2 aromatic rings. The zero-order valence-corrected chi connectivity index (χ0v) is 14.8. The third-order valence-corrected chi connectivity index (χ3v) is 5.37. The molecule has 1 N–H and O–H groups in total. The number of amides is 2. The fraction of sp³-hybridized carbons (Fsp3) is 0.235. The maximum absolute atomic E-state index is 13.2. The number of alkyl halides is 3. The molecule has 1 saturated heterocycles. The minimum atomic E-state index is -4.45. The number of halogens is 5. The second-order valence-corrected chi connectivity index (χ2v) is 7.19. The topological polar surface area (TPSA) is 32.3 Å². The van der Waals surface area contributed by atoms with Gasteiger partial charge in [0.05, 0.1) is 10.6 Å². The molecule has 3 rings (SSSR count). The van der Waals surface area contributed by atoms with Gasteiger partial charge in [-0.05, 0) is 35.9 Å². The van der Waals surface area contributed by atoms with E-state index >= 15 is 0 Å². The molecule has 2 aromatic carbocycles. The first-order valence-corrected chi connectivity index (χ1v) is 9.00. The molecule has 0 bridgehead atoms. The Labute approximate surface area is 156 Å². The van der Waals surface area contributed by atoms with Gasteiger partial charge in [0.1, 0.15) is 11.2 Å². The summed E-state index contributed by atoms with van der Waals surface area (Å²) in [5.74, 6) is -0.0124. The van der Waals surface area contributed by atoms with Crippen LogP contribution in [0.2, 0.25) is 5.02 Å². The molecule has 2 amide bonds. The maximum Gasteiger partial charge on any atom is 0.416 e. The lowest BCUT2D eigenvalue weighted by molar-refractivity contribution is -0.137. The van der Waals surface area contributed by atoms with Gasteiger partial charge in [-0.2, -0.15) is 13.2 Å². The molecular formula is C17H13ClF4N2OS. The Kier molecular flexibility index (Phi) is 5.34. The molecule has 1 fully saturated rings. The SMILES string of the molecule is O=C(Nc1ccc(F)c(Cl)c1)N1CCSC1c1cccc(C(F)(F)F)c1. The van der Waals surface area contributed by atoms with Gasteiger partial charge in [-0.25, -0.2) is 9.18 Å². The lowest BCUT2D eigenvalue weighted by Crippen LogP contribution is -2.34. The van der Waals surface area contributed by atoms with Gasteiger partial charge in [-0.15, -0.1) is 11.8 Å². The summed E-state index contributed by atoms with van der Waals surface area (Å²) in [5, 5.41) is 1.93. The average Bonchev–Trinajstić information content (AvgIpc) is 3.07. The van der Waals surface area contributed by atoms with Gasteiger partial charge in [0.2, 0.25) is 0 Å². The van der Waals surface area contributed by atoms with Crippen molar-refractivity contribution in [3.63, 3.8) is 0 Å². The number of carbonyl (C=O) groups is 1. The van der Waals surface area contributed by atoms with Crippen molar-refractivity contribution in [1.82, 2.24) is 4.90 Å². The molecule has 0 radical (unpaired) electrons. The maximum atomic E-state index is 13.2. The smallest absolute Gasteiger partial charge is 0.308 e. The number of urea groups is 1. The summed E-state index contributed by atoms with van der Waals surface area (Å²) < 4.78 is 52.0. The largest absolute Gasteiger partial charge is 0.416 e. The quantitative estimate of drug-likeness (QED) is 0.644. The number of benzene rings is 2. The summed E-state index contributed by atoms with van der Waals surface area (Å²) in [6.45, 7) is 0.381. The molecule has 3 nitrogen and oxygen atoms in total. The van der Waals surface area contributed by atoms with Gasteiger partial charge in [0, 0.05) is 18.0 Å². The molecule has 1 aliphatic rings. The van der Waals surface area contributed by atoms with Crippen LogP contribution in [-0.4, -0.2) is 23.2 Å². The van der Waals surface area contributed by atoms with Crippen LogP contribution in [-0.2, 0) is 6.18 Å². The van der Waals surface area contributed by atoms with Crippen molar-refractivity contribution in [2.24, 2.45) is 0 Å². The highest BCUT2D eigenvalue weighted by Crippen LogP contribution is 2.40. The summed E-state index contributed by atoms with van der Waals surface area (Å²) in [4.78, 5) is 14.0. The van der Waals surface area contributed by atoms with Gasteiger partial charge < -0.3 is 10.2 Å². The molecule has 0 spiro atoms. The van der Waals surface area contributed by atoms with Crippen molar-refractivity contribution >= 4 is 35.1 Å². The Balaban J connectivity index is 1.79. The number of rotatable bonds is 2. The van der Waals surface area contributed by atoms with E-state index in [4.69, 9.17) is 11.6 Å². The highest BCUT2D eigenvalue weighted by Gasteiger charge is 2.34. The van der Waals surface area contributed by atoms with Crippen molar-refractivity contribution in [2.45, 2.75) is 11.6 Å². The first-order valence-electron chi connectivity index (χ1n) is 7.57. The van der Waals surface area contributed by atoms with Crippen LogP contribution in [0, 0.1) is 5.82 Å². The van der Waals surface area contributed by atoms with Gasteiger partial charge >= 0.3 is 12.2 Å². The van der Waals surface area contributed by atoms with E-state index in [1.807, 2.05) is 0 Å². The van der Waals surface area contributed by atoms with E-state index in [-0.39, 0.29) is 5.02 Å². The predicted molar refractivity (Wildman–Crippen MR) is 93.8 cm³/mol. The van der Waals surface area contributed by atoms with Crippen LogP contribution in [0.4, 0.5) is 28.0 Å². The van der Waals surface area contributed by atoms with Gasteiger partial charge in [-0.1, -0.05) is 23.7 Å². The molecule has 138 valence electrons. The standard InChI is InChI=1S/C17H13ClF4N2OS/c18-13-9-12(4-5-14(13)19)23-16(25)24-6-7-26-15(24)10-2-1-3-11(8-10)17(20,21)22/h1-5,8-9,15H,6-7H2,(H,23,25). The lowest BCUT2D eigenvalue weighted by atomic mass is 10.1. The number of nitrogens with one attached hydrogen (secondary N) is 1. The predicted octanol–water partition coefficient (Wildman–Crippen LogP) is 5.78. The van der Waals surface area contributed by atoms with E-state index in [9.17, 15) is 22.4 Å². The van der Waals surface area contributed by atoms with Gasteiger partial charge in [0.25, 0.3) is 0 Å². The van der Waals surface area contributed by atoms with Crippen LogP contribution in [0.5, 0.6) is 0 Å². The second-order valence-electron chi connectivity index (χ2n) is 5.60. The van der Waals surface area contributed by atoms with E-state index in [1.165, 1.54) is 34.9 Å². The normalized spacial score (nSPS) is 17.4. The molecular weight excluding hydrogens is 392 g/mol. The third-order valence-electron chi connectivity index (χ3n) is 3.82. The van der Waals surface area contributed by atoms with E-state index in [2.05, 4.69) is 5.32 Å². The lowest BCUT2D eigenvalue weighted by Gasteiger charge is -2.25. The number of hydrogen-bond donors (Lipinski definition) is 1. The monoisotopic (exact) mass is 404 g/mol. The molecule has 1 aliphatic heterocycles. The molecule has 1 atom stereocenters. The highest BCUT2D eigenvalue weighted by molar-refractivity contribution is 7.99. The molecule has 26 heavy (non-hydrogen) atoms. The number of thioether (sulfide) groups is 1. The van der Waals surface area contributed by atoms with Crippen molar-refractivity contribution in [2.75, 3.05) is 17.6 Å². The zero-order chi connectivity index (χ0) is 18.9. The fourth-order valence-corrected chi connectivity index (χ4v) is 4.02. The molecule has 0 saturated carbocycles. The van der Waals surface area contributed by atoms with Crippen molar-refractivity contribution < 1.29 is 22.4 Å². The summed E-state index contributed by atoms with van der Waals surface area (Å²) in [6.07, 6.45) is -4.45. The zero-order valence-electron chi connectivity index (χ0n) is 13.2. The summed E-state index contributed by atoms with van der Waals surface area (Å²) in [6, 6.07) is 8.21. The Morgan fingerprint density at radius 2 is 2.00 bits per heavy atom. The number of nitrogens with zero attached hydrogens (tertiary/aromatic N) is 1. The van der Waals surface area contributed by atoms with Gasteiger partial charge in [0.15, 0.2) is 0 Å². The average molecular weight is 405 g/mol. The second kappa shape index (κ2) is 7.36. The summed E-state index contributed by atoms with van der Waals surface area (Å²) in [5.41, 5.74) is -0.0520. The first kappa shape index (κ1) is 18.8. The summed E-state index contributed by atoms with van der Waals surface area (Å²) >= 11 is 7.07. The first-order chi connectivity index (χ1) is 12.3. The molecule has 9 heteroatoms. The van der Waals surface area contributed by atoms with E-state index < -0.39 is 29.0 Å². The molecule has 1 unspecified atom stereocenters. The minimum absolute atomic E-state index is 0.131. The number of carbonyl (C=O) groups excluding carboxylic acids is 1. The van der Waals surface area contributed by atoms with Crippen LogP contribution in [0.25, 0.3) is 0 Å². The molecule has 0 aliphatic carbocycles. The molecule has 0 aromatic heterocycles. The van der Waals surface area contributed by atoms with Crippen molar-refractivity contribution in [3.05, 3.63) is 64.4 Å². The Morgan fingerprint density at radius 1 is 1.23 bits per heavy atom. The summed E-state index contributed by atoms with van der Waals surface area (Å²) in [7, 11) is 0. The number of hydrogen-bond acceptors (Lipinski definition) is 2. The Hall–Kier alpha value is -1.93. The highest BCUT2D eigenvalue weighted by atomic mass is 35.5. The van der Waals surface area contributed by atoms with Crippen LogP contribution >= 0.6 is 23.4 Å². The Bertz CT molecular complexity index is 831. The molecule has 1 heterocycles. The van der Waals surface area contributed by atoms with Gasteiger partial charge in [-0.3, -0.25) is 0 Å². The Morgan fingerprint density at radius 3 is 2.69 bits per heavy atom. The van der Waals surface area contributed by atoms with Crippen LogP contribution in [0.15, 0.2) is 42.5 Å². The van der Waals surface area contributed by atoms with Crippen LogP contribution in [0.3, 0.4) is 0 Å². The van der Waals surface area contributed by atoms with Crippen molar-refractivity contribution in [3.8, 4) is 0 Å². The van der Waals surface area contributed by atoms with Crippen LogP contribution < -0.4 is 5.32 Å². The third kappa shape index (κ3) is 4.07. The van der Waals surface area contributed by atoms with E-state index in [0.29, 0.717) is 23.5 Å². The minimum Gasteiger partial charge on any atom is -0.308 e.